The molecule has 0 unspecified atom stereocenters. The second-order valence-electron chi connectivity index (χ2n) is 2.22. The van der Waals surface area contributed by atoms with E-state index in [2.05, 4.69) is 15.7 Å². The van der Waals surface area contributed by atoms with Crippen LogP contribution in [-0.4, -0.2) is 24.1 Å². The number of methoxy groups -OCH3 is 1. The minimum absolute atomic E-state index is 0.108. The summed E-state index contributed by atoms with van der Waals surface area (Å²) in [5.41, 5.74) is 0.274. The van der Waals surface area contributed by atoms with Crippen LogP contribution < -0.4 is 4.74 Å². The molecule has 0 aromatic carbocycles. The van der Waals surface area contributed by atoms with Crippen LogP contribution in [0.2, 0.25) is 0 Å². The SMILES string of the molecule is C=C(COc1ccsn1)C(=O)OC. The molecule has 1 rings (SSSR count). The van der Waals surface area contributed by atoms with Gasteiger partial charge in [0.2, 0.25) is 5.88 Å². The molecule has 0 amide bonds. The van der Waals surface area contributed by atoms with E-state index in [-0.39, 0.29) is 12.2 Å². The Bertz CT molecular complexity index is 294. The molecule has 0 spiro atoms. The van der Waals surface area contributed by atoms with Crippen molar-refractivity contribution >= 4 is 17.5 Å². The van der Waals surface area contributed by atoms with Gasteiger partial charge < -0.3 is 9.47 Å². The lowest BCUT2D eigenvalue weighted by molar-refractivity contribution is -0.136. The fourth-order valence-electron chi connectivity index (χ4n) is 0.640. The number of ether oxygens (including phenoxy) is 2. The van der Waals surface area contributed by atoms with Crippen LogP contribution in [0.3, 0.4) is 0 Å². The smallest absolute Gasteiger partial charge is 0.336 e. The van der Waals surface area contributed by atoms with E-state index in [1.165, 1.54) is 18.6 Å². The zero-order valence-corrected chi connectivity index (χ0v) is 7.97. The molecule has 0 atom stereocenters. The van der Waals surface area contributed by atoms with Crippen molar-refractivity contribution in [1.82, 2.24) is 4.37 Å². The maximum absolute atomic E-state index is 10.9. The minimum atomic E-state index is -0.463. The van der Waals surface area contributed by atoms with Gasteiger partial charge in [0.25, 0.3) is 0 Å². The number of esters is 1. The molecule has 0 bridgehead atoms. The van der Waals surface area contributed by atoms with Crippen molar-refractivity contribution < 1.29 is 14.3 Å². The van der Waals surface area contributed by atoms with Gasteiger partial charge in [0.1, 0.15) is 6.61 Å². The van der Waals surface area contributed by atoms with E-state index in [1.54, 1.807) is 11.4 Å². The summed E-state index contributed by atoms with van der Waals surface area (Å²) in [5, 5.41) is 1.79. The van der Waals surface area contributed by atoms with Gasteiger partial charge >= 0.3 is 5.97 Å². The summed E-state index contributed by atoms with van der Waals surface area (Å²) in [6, 6.07) is 1.72. The molecule has 13 heavy (non-hydrogen) atoms. The Morgan fingerprint density at radius 2 is 2.54 bits per heavy atom. The van der Waals surface area contributed by atoms with Crippen molar-refractivity contribution in [3.8, 4) is 5.88 Å². The zero-order valence-electron chi connectivity index (χ0n) is 7.15. The lowest BCUT2D eigenvalue weighted by atomic mass is 10.3. The van der Waals surface area contributed by atoms with Gasteiger partial charge in [-0.25, -0.2) is 4.79 Å². The molecular formula is C8H9NO3S. The summed E-state index contributed by atoms with van der Waals surface area (Å²) in [6.45, 7) is 3.61. The third kappa shape index (κ3) is 2.87. The quantitative estimate of drug-likeness (QED) is 0.541. The van der Waals surface area contributed by atoms with Crippen molar-refractivity contribution in [2.75, 3.05) is 13.7 Å². The minimum Gasteiger partial charge on any atom is -0.472 e. The highest BCUT2D eigenvalue weighted by Gasteiger charge is 2.07. The van der Waals surface area contributed by atoms with E-state index in [1.807, 2.05) is 0 Å². The maximum atomic E-state index is 10.9. The maximum Gasteiger partial charge on any atom is 0.336 e. The summed E-state index contributed by atoms with van der Waals surface area (Å²) in [5.74, 6) is 0.0327. The highest BCUT2D eigenvalue weighted by molar-refractivity contribution is 7.03. The Balaban J connectivity index is 2.35. The number of carbonyl (C=O) groups is 1. The number of carbonyl (C=O) groups excluding carboxylic acids is 1. The summed E-state index contributed by atoms with van der Waals surface area (Å²) >= 11 is 1.28. The second-order valence-corrected chi connectivity index (χ2v) is 2.89. The lowest BCUT2D eigenvalue weighted by Crippen LogP contribution is -2.11. The fourth-order valence-corrected chi connectivity index (χ4v) is 1.10. The van der Waals surface area contributed by atoms with Crippen LogP contribution in [0.5, 0.6) is 5.88 Å². The van der Waals surface area contributed by atoms with Crippen LogP contribution >= 0.6 is 11.5 Å². The van der Waals surface area contributed by atoms with E-state index in [0.717, 1.165) is 0 Å². The van der Waals surface area contributed by atoms with Gasteiger partial charge in [-0.3, -0.25) is 0 Å². The molecule has 0 radical (unpaired) electrons. The van der Waals surface area contributed by atoms with Crippen molar-refractivity contribution in [3.05, 3.63) is 23.6 Å². The third-order valence-electron chi connectivity index (χ3n) is 1.28. The second kappa shape index (κ2) is 4.61. The molecule has 0 aliphatic heterocycles. The van der Waals surface area contributed by atoms with Gasteiger partial charge in [-0.05, 0) is 11.5 Å². The Labute approximate surface area is 80.0 Å². The lowest BCUT2D eigenvalue weighted by Gasteiger charge is -2.03. The van der Waals surface area contributed by atoms with E-state index in [9.17, 15) is 4.79 Å². The molecular weight excluding hydrogens is 190 g/mol. The van der Waals surface area contributed by atoms with Crippen LogP contribution in [0.25, 0.3) is 0 Å². The van der Waals surface area contributed by atoms with Crippen LogP contribution in [-0.2, 0) is 9.53 Å². The predicted molar refractivity (Wildman–Crippen MR) is 48.8 cm³/mol. The predicted octanol–water partition coefficient (Wildman–Crippen LogP) is 1.25. The standard InChI is InChI=1S/C8H9NO3S/c1-6(8(10)11-2)5-12-7-3-4-13-9-7/h3-4H,1,5H2,2H3. The van der Waals surface area contributed by atoms with Gasteiger partial charge in [0.05, 0.1) is 12.7 Å². The van der Waals surface area contributed by atoms with E-state index in [0.29, 0.717) is 5.88 Å². The molecule has 1 aromatic rings. The average molecular weight is 199 g/mol. The van der Waals surface area contributed by atoms with Gasteiger partial charge in [0, 0.05) is 11.4 Å². The topological polar surface area (TPSA) is 48.4 Å². The van der Waals surface area contributed by atoms with E-state index < -0.39 is 5.97 Å². The van der Waals surface area contributed by atoms with Crippen molar-refractivity contribution in [2.45, 2.75) is 0 Å². The largest absolute Gasteiger partial charge is 0.472 e. The monoisotopic (exact) mass is 199 g/mol. The summed E-state index contributed by atoms with van der Waals surface area (Å²) < 4.78 is 13.5. The summed E-state index contributed by atoms with van der Waals surface area (Å²) in [7, 11) is 1.30. The third-order valence-corrected chi connectivity index (χ3v) is 1.83. The molecule has 1 heterocycles. The number of aromatic nitrogens is 1. The van der Waals surface area contributed by atoms with Crippen molar-refractivity contribution in [1.29, 1.82) is 0 Å². The molecule has 1 aromatic heterocycles. The number of rotatable bonds is 4. The molecule has 70 valence electrons. The van der Waals surface area contributed by atoms with Gasteiger partial charge in [-0.15, -0.1) is 0 Å². The van der Waals surface area contributed by atoms with E-state index >= 15 is 0 Å². The van der Waals surface area contributed by atoms with Gasteiger partial charge in [-0.2, -0.15) is 4.37 Å². The van der Waals surface area contributed by atoms with Crippen LogP contribution in [0, 0.1) is 0 Å². The first-order chi connectivity index (χ1) is 6.24. The molecule has 5 heteroatoms. The molecule has 0 aliphatic carbocycles. The molecule has 4 nitrogen and oxygen atoms in total. The van der Waals surface area contributed by atoms with Crippen LogP contribution in [0.4, 0.5) is 0 Å². The normalized spacial score (nSPS) is 9.31. The first-order valence-electron chi connectivity index (χ1n) is 3.53. The molecule has 0 fully saturated rings. The summed E-state index contributed by atoms with van der Waals surface area (Å²) in [6.07, 6.45) is 0. The van der Waals surface area contributed by atoms with Crippen molar-refractivity contribution in [3.63, 3.8) is 0 Å². The summed E-state index contributed by atoms with van der Waals surface area (Å²) in [4.78, 5) is 10.9. The highest BCUT2D eigenvalue weighted by Crippen LogP contribution is 2.09. The molecule has 0 saturated carbocycles. The van der Waals surface area contributed by atoms with Crippen molar-refractivity contribution in [2.24, 2.45) is 0 Å². The molecule has 0 saturated heterocycles. The number of hydrogen-bond acceptors (Lipinski definition) is 5. The molecule has 0 aliphatic rings. The van der Waals surface area contributed by atoms with Crippen LogP contribution in [0.1, 0.15) is 0 Å². The van der Waals surface area contributed by atoms with Crippen LogP contribution in [0.15, 0.2) is 23.6 Å². The first kappa shape index (κ1) is 9.73. The fraction of sp³-hybridized carbons (Fsp3) is 0.250. The Hall–Kier alpha value is -1.36. The van der Waals surface area contributed by atoms with Gasteiger partial charge in [-0.1, -0.05) is 6.58 Å². The highest BCUT2D eigenvalue weighted by atomic mass is 32.1. The molecule has 0 N–H and O–H groups in total. The van der Waals surface area contributed by atoms with E-state index in [4.69, 9.17) is 4.74 Å². The first-order valence-corrected chi connectivity index (χ1v) is 4.37. The number of nitrogens with zero attached hydrogens (tertiary/aromatic N) is 1. The van der Waals surface area contributed by atoms with Gasteiger partial charge in [0.15, 0.2) is 0 Å². The average Bonchev–Trinajstić information content (AvgIpc) is 2.65. The number of hydrogen-bond donors (Lipinski definition) is 0. The Morgan fingerprint density at radius 3 is 3.08 bits per heavy atom. The Morgan fingerprint density at radius 1 is 1.77 bits per heavy atom. The zero-order chi connectivity index (χ0) is 9.68. The Kier molecular flexibility index (Phi) is 3.45.